The van der Waals surface area contributed by atoms with E-state index in [9.17, 15) is 18.7 Å². The maximum absolute atomic E-state index is 13.8. The quantitative estimate of drug-likeness (QED) is 0.920. The van der Waals surface area contributed by atoms with Crippen molar-refractivity contribution in [1.82, 2.24) is 4.90 Å². The van der Waals surface area contributed by atoms with Crippen LogP contribution in [-0.4, -0.2) is 22.5 Å². The van der Waals surface area contributed by atoms with Crippen LogP contribution in [0.2, 0.25) is 0 Å². The third kappa shape index (κ3) is 2.66. The molecule has 2 aromatic rings. The molecule has 114 valence electrons. The Labute approximate surface area is 126 Å². The minimum absolute atomic E-state index is 0.149. The van der Waals surface area contributed by atoms with Crippen LogP contribution in [0.4, 0.5) is 8.78 Å². The van der Waals surface area contributed by atoms with Gasteiger partial charge in [-0.3, -0.25) is 4.79 Å². The highest BCUT2D eigenvalue weighted by atomic mass is 19.1. The number of hydrogen-bond donors (Lipinski definition) is 1. The van der Waals surface area contributed by atoms with Crippen LogP contribution in [0.15, 0.2) is 42.5 Å². The topological polar surface area (TPSA) is 40.5 Å². The second-order valence-electron chi connectivity index (χ2n) is 5.37. The van der Waals surface area contributed by atoms with E-state index in [1.165, 1.54) is 0 Å². The van der Waals surface area contributed by atoms with Crippen molar-refractivity contribution in [2.24, 2.45) is 0 Å². The highest BCUT2D eigenvalue weighted by molar-refractivity contribution is 5.95. The predicted molar refractivity (Wildman–Crippen MR) is 77.5 cm³/mol. The molecule has 3 rings (SSSR count). The number of phenols is 1. The van der Waals surface area contributed by atoms with Gasteiger partial charge in [0.15, 0.2) is 0 Å². The molecule has 22 heavy (non-hydrogen) atoms. The molecular formula is C17H15F2NO2. The van der Waals surface area contributed by atoms with Gasteiger partial charge in [0, 0.05) is 6.54 Å². The van der Waals surface area contributed by atoms with Crippen LogP contribution in [0.5, 0.6) is 5.75 Å². The number of likely N-dealkylation sites (tertiary alicyclic amines) is 1. The van der Waals surface area contributed by atoms with Gasteiger partial charge >= 0.3 is 0 Å². The van der Waals surface area contributed by atoms with Crippen LogP contribution in [0.25, 0.3) is 0 Å². The third-order valence-corrected chi connectivity index (χ3v) is 3.95. The summed E-state index contributed by atoms with van der Waals surface area (Å²) in [4.78, 5) is 14.1. The number of nitrogens with zero attached hydrogens (tertiary/aromatic N) is 1. The summed E-state index contributed by atoms with van der Waals surface area (Å²) in [5.74, 6) is -1.71. The fourth-order valence-electron chi connectivity index (χ4n) is 2.87. The van der Waals surface area contributed by atoms with Crippen molar-refractivity contribution >= 4 is 5.91 Å². The molecule has 0 saturated carbocycles. The number of rotatable bonds is 2. The standard InChI is InChI=1S/C17H15F2NO2/c18-12-5-8-15(19)14(10-12)17(22)20-9-1-2-16(20)11-3-6-13(21)7-4-11/h3-8,10,16,21H,1-2,9H2/t16-/m0/s1. The number of aromatic hydroxyl groups is 1. The lowest BCUT2D eigenvalue weighted by atomic mass is 10.0. The van der Waals surface area contributed by atoms with E-state index in [0.717, 1.165) is 36.6 Å². The van der Waals surface area contributed by atoms with E-state index in [0.29, 0.717) is 6.54 Å². The second kappa shape index (κ2) is 5.75. The number of carbonyl (C=O) groups excluding carboxylic acids is 1. The molecule has 1 aliphatic heterocycles. The summed E-state index contributed by atoms with van der Waals surface area (Å²) in [6, 6.07) is 9.31. The summed E-state index contributed by atoms with van der Waals surface area (Å²) in [5.41, 5.74) is 0.631. The molecule has 0 radical (unpaired) electrons. The molecule has 1 aliphatic rings. The first-order valence-corrected chi connectivity index (χ1v) is 7.11. The molecule has 1 amide bonds. The van der Waals surface area contributed by atoms with Crippen LogP contribution in [0.1, 0.15) is 34.8 Å². The van der Waals surface area contributed by atoms with Crippen molar-refractivity contribution in [3.63, 3.8) is 0 Å². The Hall–Kier alpha value is -2.43. The van der Waals surface area contributed by atoms with Crippen molar-refractivity contribution < 1.29 is 18.7 Å². The van der Waals surface area contributed by atoms with Gasteiger partial charge in [-0.05, 0) is 48.7 Å². The summed E-state index contributed by atoms with van der Waals surface area (Å²) in [6.07, 6.45) is 1.56. The molecular weight excluding hydrogens is 288 g/mol. The summed E-state index contributed by atoms with van der Waals surface area (Å²) in [6.45, 7) is 0.500. The number of halogens is 2. The first-order valence-electron chi connectivity index (χ1n) is 7.11. The molecule has 1 atom stereocenters. The zero-order valence-electron chi connectivity index (χ0n) is 11.8. The van der Waals surface area contributed by atoms with Crippen LogP contribution in [0, 0.1) is 11.6 Å². The lowest BCUT2D eigenvalue weighted by Crippen LogP contribution is -2.31. The molecule has 1 heterocycles. The average Bonchev–Trinajstić information content (AvgIpc) is 2.99. The van der Waals surface area contributed by atoms with E-state index in [-0.39, 0.29) is 17.4 Å². The highest BCUT2D eigenvalue weighted by Gasteiger charge is 2.31. The smallest absolute Gasteiger partial charge is 0.257 e. The van der Waals surface area contributed by atoms with E-state index in [1.807, 2.05) is 0 Å². The van der Waals surface area contributed by atoms with Gasteiger partial charge in [0.05, 0.1) is 11.6 Å². The van der Waals surface area contributed by atoms with Crippen LogP contribution >= 0.6 is 0 Å². The van der Waals surface area contributed by atoms with Gasteiger partial charge in [-0.25, -0.2) is 8.78 Å². The van der Waals surface area contributed by atoms with Gasteiger partial charge in [-0.15, -0.1) is 0 Å². The number of amides is 1. The van der Waals surface area contributed by atoms with Gasteiger partial charge in [0.1, 0.15) is 17.4 Å². The van der Waals surface area contributed by atoms with Gasteiger partial charge in [-0.1, -0.05) is 12.1 Å². The first kappa shape index (κ1) is 14.5. The van der Waals surface area contributed by atoms with Crippen molar-refractivity contribution in [3.05, 3.63) is 65.2 Å². The first-order chi connectivity index (χ1) is 10.6. The number of benzene rings is 2. The molecule has 1 saturated heterocycles. The number of carbonyl (C=O) groups is 1. The zero-order valence-corrected chi connectivity index (χ0v) is 11.8. The van der Waals surface area contributed by atoms with Crippen molar-refractivity contribution in [2.45, 2.75) is 18.9 Å². The zero-order chi connectivity index (χ0) is 15.7. The summed E-state index contributed by atoms with van der Waals surface area (Å²) in [7, 11) is 0. The van der Waals surface area contributed by atoms with Crippen LogP contribution in [0.3, 0.4) is 0 Å². The molecule has 5 heteroatoms. The predicted octanol–water partition coefficient (Wildman–Crippen LogP) is 3.65. The molecule has 0 aromatic heterocycles. The fourth-order valence-corrected chi connectivity index (χ4v) is 2.87. The Balaban J connectivity index is 1.91. The molecule has 0 unspecified atom stereocenters. The Morgan fingerprint density at radius 2 is 1.86 bits per heavy atom. The van der Waals surface area contributed by atoms with E-state index in [2.05, 4.69) is 0 Å². The molecule has 3 nitrogen and oxygen atoms in total. The largest absolute Gasteiger partial charge is 0.508 e. The second-order valence-corrected chi connectivity index (χ2v) is 5.37. The Morgan fingerprint density at radius 3 is 2.59 bits per heavy atom. The monoisotopic (exact) mass is 303 g/mol. The minimum Gasteiger partial charge on any atom is -0.508 e. The third-order valence-electron chi connectivity index (χ3n) is 3.95. The Bertz CT molecular complexity index is 700. The number of phenolic OH excluding ortho intramolecular Hbond substituents is 1. The average molecular weight is 303 g/mol. The van der Waals surface area contributed by atoms with Crippen LogP contribution in [-0.2, 0) is 0 Å². The SMILES string of the molecule is O=C(c1cc(F)ccc1F)N1CCC[C@H]1c1ccc(O)cc1. The minimum atomic E-state index is -0.720. The molecule has 0 bridgehead atoms. The van der Waals surface area contributed by atoms with Crippen LogP contribution < -0.4 is 0 Å². The maximum atomic E-state index is 13.8. The van der Waals surface area contributed by atoms with Gasteiger partial charge in [0.25, 0.3) is 5.91 Å². The van der Waals surface area contributed by atoms with Crippen molar-refractivity contribution in [2.75, 3.05) is 6.54 Å². The summed E-state index contributed by atoms with van der Waals surface area (Å²) < 4.78 is 27.1. The summed E-state index contributed by atoms with van der Waals surface area (Å²) in [5, 5.41) is 9.35. The number of hydrogen-bond acceptors (Lipinski definition) is 2. The maximum Gasteiger partial charge on any atom is 0.257 e. The lowest BCUT2D eigenvalue weighted by molar-refractivity contribution is 0.0730. The molecule has 0 aliphatic carbocycles. The van der Waals surface area contributed by atoms with E-state index in [4.69, 9.17) is 0 Å². The van der Waals surface area contributed by atoms with Gasteiger partial charge < -0.3 is 10.0 Å². The Morgan fingerprint density at radius 1 is 1.14 bits per heavy atom. The lowest BCUT2D eigenvalue weighted by Gasteiger charge is -2.25. The van der Waals surface area contributed by atoms with Crippen molar-refractivity contribution in [1.29, 1.82) is 0 Å². The highest BCUT2D eigenvalue weighted by Crippen LogP contribution is 2.34. The summed E-state index contributed by atoms with van der Waals surface area (Å²) >= 11 is 0. The van der Waals surface area contributed by atoms with E-state index in [1.54, 1.807) is 29.2 Å². The normalized spacial score (nSPS) is 17.7. The van der Waals surface area contributed by atoms with Crippen molar-refractivity contribution in [3.8, 4) is 5.75 Å². The Kier molecular flexibility index (Phi) is 3.79. The van der Waals surface area contributed by atoms with Gasteiger partial charge in [-0.2, -0.15) is 0 Å². The van der Waals surface area contributed by atoms with Gasteiger partial charge in [0.2, 0.25) is 0 Å². The molecule has 2 aromatic carbocycles. The van der Waals surface area contributed by atoms with E-state index >= 15 is 0 Å². The van der Waals surface area contributed by atoms with E-state index < -0.39 is 17.5 Å². The fraction of sp³-hybridized carbons (Fsp3) is 0.235. The molecule has 1 N–H and O–H groups in total. The molecule has 1 fully saturated rings. The molecule has 0 spiro atoms.